The molecule has 2 N–H and O–H groups in total. The fraction of sp³-hybridized carbons (Fsp3) is 0.357. The summed E-state index contributed by atoms with van der Waals surface area (Å²) in [7, 11) is 0. The van der Waals surface area contributed by atoms with Crippen molar-refractivity contribution in [2.75, 3.05) is 5.32 Å². The molecule has 2 rings (SSSR count). The van der Waals surface area contributed by atoms with Gasteiger partial charge in [-0.3, -0.25) is 0 Å². The van der Waals surface area contributed by atoms with Crippen LogP contribution in [0.15, 0.2) is 18.3 Å². The van der Waals surface area contributed by atoms with Crippen LogP contribution >= 0.6 is 11.3 Å². The predicted octanol–water partition coefficient (Wildman–Crippen LogP) is 3.28. The van der Waals surface area contributed by atoms with Gasteiger partial charge < -0.3 is 10.4 Å². The van der Waals surface area contributed by atoms with E-state index in [4.69, 9.17) is 5.11 Å². The fourth-order valence-electron chi connectivity index (χ4n) is 1.84. The van der Waals surface area contributed by atoms with Gasteiger partial charge in [0.1, 0.15) is 10.8 Å². The smallest absolute Gasteiger partial charge is 0.335 e. The average Bonchev–Trinajstić information content (AvgIpc) is 2.86. The molecule has 0 aliphatic heterocycles. The summed E-state index contributed by atoms with van der Waals surface area (Å²) in [5.41, 5.74) is 0.911. The van der Waals surface area contributed by atoms with Crippen LogP contribution in [0, 0.1) is 6.92 Å². The minimum Gasteiger partial charge on any atom is -0.478 e. The number of hydrogen-bond acceptors (Lipinski definition) is 5. The summed E-state index contributed by atoms with van der Waals surface area (Å²) in [6.07, 6.45) is 2.85. The molecule has 1 atom stereocenters. The standard InChI is InChI=1S/C14H17N3O2S/c1-4-11-7-15-13(20-11)9(3)17-12-6-10(14(18)19)5-8(2)16-12/h5-7,9H,4H2,1-3H3,(H,16,17)(H,18,19). The third-order valence-electron chi connectivity index (χ3n) is 2.86. The van der Waals surface area contributed by atoms with E-state index in [1.54, 1.807) is 30.4 Å². The molecule has 0 aliphatic carbocycles. The van der Waals surface area contributed by atoms with E-state index in [1.165, 1.54) is 4.88 Å². The number of pyridine rings is 1. The minimum atomic E-state index is -0.950. The summed E-state index contributed by atoms with van der Waals surface area (Å²) in [5.74, 6) is -0.392. The third-order valence-corrected chi connectivity index (χ3v) is 4.18. The average molecular weight is 291 g/mol. The van der Waals surface area contributed by atoms with Gasteiger partial charge in [0.25, 0.3) is 0 Å². The number of nitrogens with one attached hydrogen (secondary N) is 1. The summed E-state index contributed by atoms with van der Waals surface area (Å²) in [4.78, 5) is 21.0. The van der Waals surface area contributed by atoms with E-state index < -0.39 is 5.97 Å². The van der Waals surface area contributed by atoms with E-state index in [-0.39, 0.29) is 11.6 Å². The first kappa shape index (κ1) is 14.5. The van der Waals surface area contributed by atoms with E-state index in [9.17, 15) is 4.79 Å². The number of carboxylic acids is 1. The van der Waals surface area contributed by atoms with Gasteiger partial charge in [-0.05, 0) is 32.4 Å². The zero-order chi connectivity index (χ0) is 14.7. The van der Waals surface area contributed by atoms with Crippen LogP contribution in [0.3, 0.4) is 0 Å². The molecule has 1 unspecified atom stereocenters. The van der Waals surface area contributed by atoms with E-state index in [1.807, 2.05) is 13.1 Å². The summed E-state index contributed by atoms with van der Waals surface area (Å²) >= 11 is 1.66. The first-order valence-corrected chi connectivity index (χ1v) is 7.24. The number of aromatic carboxylic acids is 1. The van der Waals surface area contributed by atoms with Crippen molar-refractivity contribution >= 4 is 23.1 Å². The van der Waals surface area contributed by atoms with Crippen molar-refractivity contribution in [3.8, 4) is 0 Å². The van der Waals surface area contributed by atoms with Gasteiger partial charge in [0.05, 0.1) is 11.6 Å². The summed E-state index contributed by atoms with van der Waals surface area (Å²) in [5, 5.41) is 13.2. The molecule has 0 aromatic carbocycles. The Balaban J connectivity index is 2.18. The number of thiazole rings is 1. The Morgan fingerprint density at radius 1 is 1.50 bits per heavy atom. The fourth-order valence-corrected chi connectivity index (χ4v) is 2.70. The molecule has 2 heterocycles. The lowest BCUT2D eigenvalue weighted by Crippen LogP contribution is -2.09. The van der Waals surface area contributed by atoms with E-state index in [2.05, 4.69) is 22.2 Å². The Morgan fingerprint density at radius 2 is 2.25 bits per heavy atom. The van der Waals surface area contributed by atoms with Crippen LogP contribution in [-0.2, 0) is 6.42 Å². The number of hydrogen-bond donors (Lipinski definition) is 2. The van der Waals surface area contributed by atoms with Crippen LogP contribution in [0.2, 0.25) is 0 Å². The van der Waals surface area contributed by atoms with Crippen LogP contribution in [0.5, 0.6) is 0 Å². The molecule has 2 aromatic rings. The highest BCUT2D eigenvalue weighted by molar-refractivity contribution is 7.11. The molecule has 0 amide bonds. The van der Waals surface area contributed by atoms with Crippen molar-refractivity contribution in [1.82, 2.24) is 9.97 Å². The highest BCUT2D eigenvalue weighted by atomic mass is 32.1. The molecule has 0 spiro atoms. The second-order valence-electron chi connectivity index (χ2n) is 4.57. The quantitative estimate of drug-likeness (QED) is 0.884. The van der Waals surface area contributed by atoms with Crippen molar-refractivity contribution in [3.63, 3.8) is 0 Å². The molecular weight excluding hydrogens is 274 g/mol. The van der Waals surface area contributed by atoms with Gasteiger partial charge in [-0.1, -0.05) is 6.92 Å². The largest absolute Gasteiger partial charge is 0.478 e. The van der Waals surface area contributed by atoms with Crippen LogP contribution in [0.25, 0.3) is 0 Å². The second kappa shape index (κ2) is 6.00. The summed E-state index contributed by atoms with van der Waals surface area (Å²) in [6.45, 7) is 5.86. The Bertz CT molecular complexity index is 625. The SMILES string of the molecule is CCc1cnc(C(C)Nc2cc(C(=O)O)cc(C)n2)s1. The molecule has 0 saturated heterocycles. The van der Waals surface area contributed by atoms with Crippen molar-refractivity contribution in [1.29, 1.82) is 0 Å². The Kier molecular flexibility index (Phi) is 4.34. The van der Waals surface area contributed by atoms with Gasteiger partial charge in [0.15, 0.2) is 0 Å². The molecule has 0 saturated carbocycles. The van der Waals surface area contributed by atoms with Crippen LogP contribution in [0.1, 0.15) is 45.8 Å². The predicted molar refractivity (Wildman–Crippen MR) is 79.5 cm³/mol. The maximum absolute atomic E-state index is 11.0. The number of anilines is 1. The molecule has 0 radical (unpaired) electrons. The molecule has 6 heteroatoms. The number of rotatable bonds is 5. The van der Waals surface area contributed by atoms with Crippen LogP contribution in [-0.4, -0.2) is 21.0 Å². The molecular formula is C14H17N3O2S. The van der Waals surface area contributed by atoms with Crippen molar-refractivity contribution < 1.29 is 9.90 Å². The Morgan fingerprint density at radius 3 is 2.85 bits per heavy atom. The van der Waals surface area contributed by atoms with Crippen molar-refractivity contribution in [2.24, 2.45) is 0 Å². The van der Waals surface area contributed by atoms with Gasteiger partial charge in [-0.25, -0.2) is 14.8 Å². The highest BCUT2D eigenvalue weighted by Gasteiger charge is 2.12. The monoisotopic (exact) mass is 291 g/mol. The van der Waals surface area contributed by atoms with E-state index in [0.29, 0.717) is 11.5 Å². The minimum absolute atomic E-state index is 0.00348. The van der Waals surface area contributed by atoms with Crippen LogP contribution < -0.4 is 5.32 Å². The number of aryl methyl sites for hydroxylation is 2. The highest BCUT2D eigenvalue weighted by Crippen LogP contribution is 2.23. The molecule has 0 fully saturated rings. The molecule has 0 bridgehead atoms. The van der Waals surface area contributed by atoms with E-state index in [0.717, 1.165) is 11.4 Å². The van der Waals surface area contributed by atoms with Gasteiger partial charge >= 0.3 is 5.97 Å². The number of nitrogens with zero attached hydrogens (tertiary/aromatic N) is 2. The number of carboxylic acid groups (broad SMARTS) is 1. The molecule has 2 aromatic heterocycles. The van der Waals surface area contributed by atoms with Gasteiger partial charge in [-0.15, -0.1) is 11.3 Å². The van der Waals surface area contributed by atoms with Crippen molar-refractivity contribution in [2.45, 2.75) is 33.2 Å². The zero-order valence-electron chi connectivity index (χ0n) is 11.7. The van der Waals surface area contributed by atoms with Gasteiger partial charge in [-0.2, -0.15) is 0 Å². The second-order valence-corrected chi connectivity index (χ2v) is 5.72. The first-order valence-electron chi connectivity index (χ1n) is 6.42. The zero-order valence-corrected chi connectivity index (χ0v) is 12.5. The maximum atomic E-state index is 11.0. The van der Waals surface area contributed by atoms with Crippen LogP contribution in [0.4, 0.5) is 5.82 Å². The Labute approximate surface area is 121 Å². The first-order chi connectivity index (χ1) is 9.49. The lowest BCUT2D eigenvalue weighted by molar-refractivity contribution is 0.0696. The van der Waals surface area contributed by atoms with Gasteiger partial charge in [0.2, 0.25) is 0 Å². The lowest BCUT2D eigenvalue weighted by atomic mass is 10.2. The summed E-state index contributed by atoms with van der Waals surface area (Å²) < 4.78 is 0. The normalized spacial score (nSPS) is 12.2. The molecule has 106 valence electrons. The summed E-state index contributed by atoms with van der Waals surface area (Å²) in [6, 6.07) is 3.09. The van der Waals surface area contributed by atoms with Gasteiger partial charge in [0, 0.05) is 16.8 Å². The third kappa shape index (κ3) is 3.33. The molecule has 5 nitrogen and oxygen atoms in total. The topological polar surface area (TPSA) is 75.1 Å². The van der Waals surface area contributed by atoms with E-state index >= 15 is 0 Å². The maximum Gasteiger partial charge on any atom is 0.335 e. The molecule has 0 aliphatic rings. The van der Waals surface area contributed by atoms with Crippen molar-refractivity contribution in [3.05, 3.63) is 39.5 Å². The molecule has 20 heavy (non-hydrogen) atoms. The Hall–Kier alpha value is -1.95. The number of carbonyl (C=O) groups is 1. The number of aromatic nitrogens is 2. The lowest BCUT2D eigenvalue weighted by Gasteiger charge is -2.13.